The van der Waals surface area contributed by atoms with Crippen LogP contribution in [-0.2, 0) is 0 Å². The van der Waals surface area contributed by atoms with Gasteiger partial charge in [0.15, 0.2) is 6.29 Å². The Kier molecular flexibility index (Phi) is 3.01. The van der Waals surface area contributed by atoms with Crippen LogP contribution in [0.5, 0.6) is 0 Å². The zero-order valence-corrected chi connectivity index (χ0v) is 9.15. The predicted octanol–water partition coefficient (Wildman–Crippen LogP) is 1.90. The molecule has 0 fully saturated rings. The van der Waals surface area contributed by atoms with E-state index in [0.29, 0.717) is 6.29 Å². The second-order valence-corrected chi connectivity index (χ2v) is 3.53. The number of rotatable bonds is 3. The zero-order chi connectivity index (χ0) is 13.1. The number of nitro benzene ring substituents is 1. The second-order valence-electron chi connectivity index (χ2n) is 3.53. The molecule has 0 N–H and O–H groups in total. The number of aldehydes is 1. The molecule has 0 radical (unpaired) electrons. The lowest BCUT2D eigenvalue weighted by Gasteiger charge is -2.03. The maximum Gasteiger partial charge on any atom is 0.269 e. The first-order valence-electron chi connectivity index (χ1n) is 5.05. The molecular weight excluding hydrogens is 236 g/mol. The first-order chi connectivity index (χ1) is 8.63. The van der Waals surface area contributed by atoms with Crippen molar-refractivity contribution in [2.45, 2.75) is 0 Å². The number of hydrogen-bond donors (Lipinski definition) is 0. The molecule has 0 aliphatic heterocycles. The van der Waals surface area contributed by atoms with Crippen molar-refractivity contribution in [2.75, 3.05) is 0 Å². The van der Waals surface area contributed by atoms with Crippen LogP contribution in [-0.4, -0.2) is 21.7 Å². The first-order valence-corrected chi connectivity index (χ1v) is 5.05. The first kappa shape index (κ1) is 11.7. The van der Waals surface area contributed by atoms with E-state index in [9.17, 15) is 19.7 Å². The molecule has 0 bridgehead atoms. The van der Waals surface area contributed by atoms with Crippen molar-refractivity contribution in [3.63, 3.8) is 0 Å². The number of nitrogens with zero attached hydrogens (tertiary/aromatic N) is 2. The summed E-state index contributed by atoms with van der Waals surface area (Å²) in [5.74, 6) is -0.406. The fraction of sp³-hybridized carbons (Fsp3) is 0. The third-order valence-electron chi connectivity index (χ3n) is 2.44. The van der Waals surface area contributed by atoms with Crippen LogP contribution in [0.3, 0.4) is 0 Å². The van der Waals surface area contributed by atoms with Gasteiger partial charge in [-0.2, -0.15) is 0 Å². The quantitative estimate of drug-likeness (QED) is 0.469. The summed E-state index contributed by atoms with van der Waals surface area (Å²) < 4.78 is 1.19. The molecule has 2 rings (SSSR count). The smallest absolute Gasteiger partial charge is 0.269 e. The van der Waals surface area contributed by atoms with Crippen LogP contribution in [0.15, 0.2) is 42.6 Å². The molecular formula is C12H8N2O4. The monoisotopic (exact) mass is 244 g/mol. The van der Waals surface area contributed by atoms with E-state index in [-0.39, 0.29) is 16.9 Å². The van der Waals surface area contributed by atoms with Crippen molar-refractivity contribution in [2.24, 2.45) is 0 Å². The third kappa shape index (κ3) is 2.03. The molecule has 1 aromatic heterocycles. The SMILES string of the molecule is O=Cc1cccn1C(=O)c1ccc([N+](=O)[O-])cc1. The number of non-ortho nitro benzene ring substituents is 1. The highest BCUT2D eigenvalue weighted by Crippen LogP contribution is 2.13. The van der Waals surface area contributed by atoms with E-state index in [1.807, 2.05) is 0 Å². The maximum absolute atomic E-state index is 12.0. The average Bonchev–Trinajstić information content (AvgIpc) is 2.86. The molecule has 0 atom stereocenters. The number of nitro groups is 1. The van der Waals surface area contributed by atoms with E-state index >= 15 is 0 Å². The van der Waals surface area contributed by atoms with Gasteiger partial charge in [-0.05, 0) is 24.3 Å². The van der Waals surface area contributed by atoms with E-state index in [1.54, 1.807) is 6.07 Å². The minimum Gasteiger partial charge on any atom is -0.296 e. The predicted molar refractivity (Wildman–Crippen MR) is 62.6 cm³/mol. The minimum absolute atomic E-state index is 0.0883. The fourth-order valence-corrected chi connectivity index (χ4v) is 1.54. The van der Waals surface area contributed by atoms with Gasteiger partial charge in [-0.25, -0.2) is 0 Å². The van der Waals surface area contributed by atoms with Crippen LogP contribution >= 0.6 is 0 Å². The Bertz CT molecular complexity index is 613. The Balaban J connectivity index is 2.34. The summed E-state index contributed by atoms with van der Waals surface area (Å²) in [6.07, 6.45) is 2.04. The van der Waals surface area contributed by atoms with Gasteiger partial charge in [0, 0.05) is 23.9 Å². The molecule has 2 aromatic rings. The number of hydrogen-bond acceptors (Lipinski definition) is 4. The Morgan fingerprint density at radius 3 is 2.44 bits per heavy atom. The summed E-state index contributed by atoms with van der Waals surface area (Å²) in [5, 5.41) is 10.5. The van der Waals surface area contributed by atoms with E-state index in [0.717, 1.165) is 0 Å². The van der Waals surface area contributed by atoms with Gasteiger partial charge >= 0.3 is 0 Å². The van der Waals surface area contributed by atoms with Crippen molar-refractivity contribution in [1.29, 1.82) is 0 Å². The highest BCUT2D eigenvalue weighted by Gasteiger charge is 2.13. The molecule has 6 nitrogen and oxygen atoms in total. The molecule has 1 heterocycles. The summed E-state index contributed by atoms with van der Waals surface area (Å²) in [6.45, 7) is 0. The lowest BCUT2D eigenvalue weighted by Crippen LogP contribution is -2.13. The van der Waals surface area contributed by atoms with Crippen LogP contribution in [0.1, 0.15) is 20.8 Å². The highest BCUT2D eigenvalue weighted by atomic mass is 16.6. The standard InChI is InChI=1S/C12H8N2O4/c15-8-11-2-1-7-13(11)12(16)9-3-5-10(6-4-9)14(17)18/h1-8H. The van der Waals surface area contributed by atoms with E-state index in [4.69, 9.17) is 0 Å². The molecule has 0 saturated heterocycles. The molecule has 0 aliphatic rings. The van der Waals surface area contributed by atoms with Gasteiger partial charge in [0.2, 0.25) is 0 Å². The maximum atomic E-state index is 12.0. The Labute approximate surface area is 102 Å². The summed E-state index contributed by atoms with van der Waals surface area (Å²) >= 11 is 0. The lowest BCUT2D eigenvalue weighted by atomic mass is 10.2. The van der Waals surface area contributed by atoms with E-state index in [1.165, 1.54) is 41.1 Å². The summed E-state index contributed by atoms with van der Waals surface area (Å²) in [7, 11) is 0. The van der Waals surface area contributed by atoms with Gasteiger partial charge in [0.1, 0.15) is 0 Å². The number of carbonyl (C=O) groups excluding carboxylic acids is 2. The largest absolute Gasteiger partial charge is 0.296 e. The molecule has 1 aromatic carbocycles. The van der Waals surface area contributed by atoms with Crippen molar-refractivity contribution in [1.82, 2.24) is 4.57 Å². The minimum atomic E-state index is -0.541. The summed E-state index contributed by atoms with van der Waals surface area (Å²) in [4.78, 5) is 32.6. The molecule has 0 saturated carbocycles. The molecule has 0 spiro atoms. The van der Waals surface area contributed by atoms with Gasteiger partial charge in [0.05, 0.1) is 10.6 Å². The topological polar surface area (TPSA) is 82.2 Å². The van der Waals surface area contributed by atoms with Crippen molar-refractivity contribution in [3.8, 4) is 0 Å². The van der Waals surface area contributed by atoms with Crippen LogP contribution < -0.4 is 0 Å². The van der Waals surface area contributed by atoms with Gasteiger partial charge in [-0.3, -0.25) is 24.3 Å². The zero-order valence-electron chi connectivity index (χ0n) is 9.15. The van der Waals surface area contributed by atoms with Gasteiger partial charge in [0.25, 0.3) is 11.6 Å². The normalized spacial score (nSPS) is 10.0. The van der Waals surface area contributed by atoms with Crippen LogP contribution in [0.2, 0.25) is 0 Å². The van der Waals surface area contributed by atoms with Crippen molar-refractivity contribution >= 4 is 17.9 Å². The molecule has 18 heavy (non-hydrogen) atoms. The van der Waals surface area contributed by atoms with Gasteiger partial charge in [-0.1, -0.05) is 0 Å². The highest BCUT2D eigenvalue weighted by molar-refractivity contribution is 5.98. The fourth-order valence-electron chi connectivity index (χ4n) is 1.54. The van der Waals surface area contributed by atoms with E-state index < -0.39 is 10.8 Å². The van der Waals surface area contributed by atoms with Crippen molar-refractivity contribution < 1.29 is 14.5 Å². The molecule has 0 aliphatic carbocycles. The number of benzene rings is 1. The summed E-state index contributed by atoms with van der Waals surface area (Å²) in [6, 6.07) is 8.29. The molecule has 90 valence electrons. The van der Waals surface area contributed by atoms with E-state index in [2.05, 4.69) is 0 Å². The van der Waals surface area contributed by atoms with Crippen LogP contribution in [0.4, 0.5) is 5.69 Å². The van der Waals surface area contributed by atoms with Crippen LogP contribution in [0, 0.1) is 10.1 Å². The van der Waals surface area contributed by atoms with Gasteiger partial charge < -0.3 is 0 Å². The molecule has 6 heteroatoms. The Morgan fingerprint density at radius 2 is 1.89 bits per heavy atom. The number of carbonyl (C=O) groups is 2. The lowest BCUT2D eigenvalue weighted by molar-refractivity contribution is -0.384. The third-order valence-corrected chi connectivity index (χ3v) is 2.44. The molecule has 0 unspecified atom stereocenters. The second kappa shape index (κ2) is 4.62. The molecule has 0 amide bonds. The van der Waals surface area contributed by atoms with Crippen LogP contribution in [0.25, 0.3) is 0 Å². The number of aromatic nitrogens is 1. The Hall–Kier alpha value is -2.76. The average molecular weight is 244 g/mol. The van der Waals surface area contributed by atoms with Crippen molar-refractivity contribution in [3.05, 3.63) is 64.0 Å². The Morgan fingerprint density at radius 1 is 1.22 bits per heavy atom. The summed E-state index contributed by atoms with van der Waals surface area (Å²) in [5.41, 5.74) is 0.424. The van der Waals surface area contributed by atoms with Gasteiger partial charge in [-0.15, -0.1) is 0 Å².